The average Bonchev–Trinajstić information content (AvgIpc) is 2.47. The summed E-state index contributed by atoms with van der Waals surface area (Å²) in [4.78, 5) is 14.8. The lowest BCUT2D eigenvalue weighted by Crippen LogP contribution is -2.46. The van der Waals surface area contributed by atoms with E-state index >= 15 is 0 Å². The zero-order valence-corrected chi connectivity index (χ0v) is 12.4. The van der Waals surface area contributed by atoms with E-state index in [4.69, 9.17) is 0 Å². The Morgan fingerprint density at radius 2 is 1.95 bits per heavy atom. The number of carbonyl (C=O) groups excluding carboxylic acids is 1. The lowest BCUT2D eigenvalue weighted by Gasteiger charge is -2.33. The lowest BCUT2D eigenvalue weighted by atomic mass is 9.99. The first-order valence-electron chi connectivity index (χ1n) is 7.27. The average molecular weight is 276 g/mol. The van der Waals surface area contributed by atoms with Crippen molar-refractivity contribution < 1.29 is 9.90 Å². The molecule has 1 aliphatic rings. The van der Waals surface area contributed by atoms with Crippen molar-refractivity contribution >= 4 is 6.41 Å². The van der Waals surface area contributed by atoms with Crippen LogP contribution in [0.3, 0.4) is 0 Å². The van der Waals surface area contributed by atoms with Gasteiger partial charge in [0.15, 0.2) is 0 Å². The maximum Gasteiger partial charge on any atom is 0.209 e. The summed E-state index contributed by atoms with van der Waals surface area (Å²) >= 11 is 0. The van der Waals surface area contributed by atoms with Gasteiger partial charge in [0.2, 0.25) is 6.41 Å². The highest BCUT2D eigenvalue weighted by Crippen LogP contribution is 2.22. The molecule has 1 amide bonds. The van der Waals surface area contributed by atoms with Crippen molar-refractivity contribution in [2.45, 2.75) is 26.4 Å². The minimum atomic E-state index is -0.404. The molecular weight excluding hydrogens is 252 g/mol. The molecular formula is C16H24N2O2. The Hall–Kier alpha value is -1.39. The van der Waals surface area contributed by atoms with Crippen molar-refractivity contribution in [2.24, 2.45) is 0 Å². The zero-order valence-electron chi connectivity index (χ0n) is 12.4. The molecule has 110 valence electrons. The molecule has 1 aromatic rings. The molecule has 1 atom stereocenters. The Morgan fingerprint density at radius 1 is 1.25 bits per heavy atom. The van der Waals surface area contributed by atoms with Crippen LogP contribution < -0.4 is 0 Å². The second-order valence-electron chi connectivity index (χ2n) is 5.65. The number of hydrogen-bond acceptors (Lipinski definition) is 3. The van der Waals surface area contributed by atoms with Gasteiger partial charge in [-0.2, -0.15) is 0 Å². The first-order valence-corrected chi connectivity index (χ1v) is 7.27. The van der Waals surface area contributed by atoms with E-state index in [1.165, 1.54) is 5.56 Å². The molecule has 1 aromatic carbocycles. The Kier molecular flexibility index (Phi) is 5.15. The third-order valence-corrected chi connectivity index (χ3v) is 4.07. The van der Waals surface area contributed by atoms with Gasteiger partial charge < -0.3 is 10.0 Å². The van der Waals surface area contributed by atoms with Crippen LogP contribution in [0.4, 0.5) is 0 Å². The normalized spacial score (nSPS) is 18.1. The number of amides is 1. The number of aryl methyl sites for hydroxylation is 2. The number of aliphatic hydroxyl groups is 1. The van der Waals surface area contributed by atoms with Crippen LogP contribution in [-0.2, 0) is 4.79 Å². The largest absolute Gasteiger partial charge is 0.388 e. The van der Waals surface area contributed by atoms with Crippen LogP contribution in [0.15, 0.2) is 18.2 Å². The van der Waals surface area contributed by atoms with E-state index in [-0.39, 0.29) is 0 Å². The van der Waals surface area contributed by atoms with Crippen LogP contribution in [0.25, 0.3) is 0 Å². The Bertz CT molecular complexity index is 454. The van der Waals surface area contributed by atoms with E-state index in [2.05, 4.69) is 23.1 Å². The molecule has 20 heavy (non-hydrogen) atoms. The Balaban J connectivity index is 1.85. The second kappa shape index (κ2) is 6.86. The van der Waals surface area contributed by atoms with Gasteiger partial charge in [0.25, 0.3) is 0 Å². The summed E-state index contributed by atoms with van der Waals surface area (Å²) in [5.41, 5.74) is 3.37. The van der Waals surface area contributed by atoms with E-state index < -0.39 is 6.10 Å². The standard InChI is InChI=1S/C16H24N2O2/c1-13-3-4-14(2)15(11-13)16(20)5-6-17-7-9-18(12-19)10-8-17/h3-4,11-12,16,20H,5-10H2,1-2H3. The summed E-state index contributed by atoms with van der Waals surface area (Å²) in [6, 6.07) is 6.21. The summed E-state index contributed by atoms with van der Waals surface area (Å²) in [5, 5.41) is 10.4. The molecule has 4 nitrogen and oxygen atoms in total. The molecule has 0 aliphatic carbocycles. The van der Waals surface area contributed by atoms with Gasteiger partial charge in [0.05, 0.1) is 6.10 Å². The topological polar surface area (TPSA) is 43.8 Å². The van der Waals surface area contributed by atoms with Crippen LogP contribution in [0.5, 0.6) is 0 Å². The summed E-state index contributed by atoms with van der Waals surface area (Å²) in [6.45, 7) is 8.36. The summed E-state index contributed by atoms with van der Waals surface area (Å²) < 4.78 is 0. The quantitative estimate of drug-likeness (QED) is 0.829. The third kappa shape index (κ3) is 3.81. The second-order valence-corrected chi connectivity index (χ2v) is 5.65. The first kappa shape index (κ1) is 15.0. The van der Waals surface area contributed by atoms with E-state index in [0.717, 1.165) is 56.7 Å². The fourth-order valence-corrected chi connectivity index (χ4v) is 2.67. The molecule has 0 bridgehead atoms. The molecule has 1 N–H and O–H groups in total. The van der Waals surface area contributed by atoms with Crippen LogP contribution in [0.2, 0.25) is 0 Å². The van der Waals surface area contributed by atoms with Gasteiger partial charge in [-0.25, -0.2) is 0 Å². The number of rotatable bonds is 5. The minimum Gasteiger partial charge on any atom is -0.388 e. The van der Waals surface area contributed by atoms with Gasteiger partial charge in [-0.3, -0.25) is 9.69 Å². The lowest BCUT2D eigenvalue weighted by molar-refractivity contribution is -0.119. The molecule has 1 saturated heterocycles. The van der Waals surface area contributed by atoms with Gasteiger partial charge in [-0.1, -0.05) is 23.8 Å². The molecule has 4 heteroatoms. The summed E-state index contributed by atoms with van der Waals surface area (Å²) in [6.07, 6.45) is 1.26. The highest BCUT2D eigenvalue weighted by Gasteiger charge is 2.17. The number of nitrogens with zero attached hydrogens (tertiary/aromatic N) is 2. The molecule has 0 radical (unpaired) electrons. The van der Waals surface area contributed by atoms with Crippen molar-refractivity contribution in [1.82, 2.24) is 9.80 Å². The van der Waals surface area contributed by atoms with Crippen molar-refractivity contribution in [2.75, 3.05) is 32.7 Å². The fraction of sp³-hybridized carbons (Fsp3) is 0.562. The molecule has 1 fully saturated rings. The van der Waals surface area contributed by atoms with Crippen LogP contribution in [-0.4, -0.2) is 54.0 Å². The van der Waals surface area contributed by atoms with Gasteiger partial charge in [0, 0.05) is 32.7 Å². The SMILES string of the molecule is Cc1ccc(C)c(C(O)CCN2CCN(C=O)CC2)c1. The molecule has 2 rings (SSSR count). The molecule has 0 saturated carbocycles. The monoisotopic (exact) mass is 276 g/mol. The third-order valence-electron chi connectivity index (χ3n) is 4.07. The number of benzene rings is 1. The number of piperazine rings is 1. The van der Waals surface area contributed by atoms with E-state index in [1.54, 1.807) is 4.90 Å². The van der Waals surface area contributed by atoms with Gasteiger partial charge in [0.1, 0.15) is 0 Å². The van der Waals surface area contributed by atoms with E-state index in [9.17, 15) is 9.90 Å². The molecule has 1 unspecified atom stereocenters. The van der Waals surface area contributed by atoms with Crippen molar-refractivity contribution in [3.63, 3.8) is 0 Å². The van der Waals surface area contributed by atoms with Crippen LogP contribution >= 0.6 is 0 Å². The summed E-state index contributed by atoms with van der Waals surface area (Å²) in [7, 11) is 0. The fourth-order valence-electron chi connectivity index (χ4n) is 2.67. The number of carbonyl (C=O) groups is 1. The highest BCUT2D eigenvalue weighted by atomic mass is 16.3. The van der Waals surface area contributed by atoms with Gasteiger partial charge in [-0.05, 0) is 31.4 Å². The molecule has 0 aromatic heterocycles. The first-order chi connectivity index (χ1) is 9.60. The predicted octanol–water partition coefficient (Wildman–Crippen LogP) is 1.50. The summed E-state index contributed by atoms with van der Waals surface area (Å²) in [5.74, 6) is 0. The van der Waals surface area contributed by atoms with Crippen molar-refractivity contribution in [3.8, 4) is 0 Å². The maximum atomic E-state index is 10.7. The van der Waals surface area contributed by atoms with E-state index in [1.807, 2.05) is 13.8 Å². The smallest absolute Gasteiger partial charge is 0.209 e. The number of hydrogen-bond donors (Lipinski definition) is 1. The van der Waals surface area contributed by atoms with Crippen molar-refractivity contribution in [1.29, 1.82) is 0 Å². The van der Waals surface area contributed by atoms with Crippen LogP contribution in [0, 0.1) is 13.8 Å². The molecule has 1 aliphatic heterocycles. The minimum absolute atomic E-state index is 0.404. The zero-order chi connectivity index (χ0) is 14.5. The predicted molar refractivity (Wildman–Crippen MR) is 79.6 cm³/mol. The molecule has 1 heterocycles. The van der Waals surface area contributed by atoms with Crippen molar-refractivity contribution in [3.05, 3.63) is 34.9 Å². The number of aliphatic hydroxyl groups excluding tert-OH is 1. The molecule has 0 spiro atoms. The van der Waals surface area contributed by atoms with E-state index in [0.29, 0.717) is 0 Å². The van der Waals surface area contributed by atoms with Gasteiger partial charge in [-0.15, -0.1) is 0 Å². The Morgan fingerprint density at radius 3 is 2.60 bits per heavy atom. The Labute approximate surface area is 121 Å². The maximum absolute atomic E-state index is 10.7. The highest BCUT2D eigenvalue weighted by molar-refractivity contribution is 5.47. The van der Waals surface area contributed by atoms with Gasteiger partial charge >= 0.3 is 0 Å². The van der Waals surface area contributed by atoms with Crippen LogP contribution in [0.1, 0.15) is 29.2 Å².